The smallest absolute Gasteiger partial charge is 0.262 e. The summed E-state index contributed by atoms with van der Waals surface area (Å²) in [4.78, 5) is 11.7. The van der Waals surface area contributed by atoms with Crippen LogP contribution < -0.4 is 15.8 Å². The van der Waals surface area contributed by atoms with E-state index in [0.29, 0.717) is 27.2 Å². The number of benzene rings is 2. The van der Waals surface area contributed by atoms with E-state index in [4.69, 9.17) is 33.7 Å². The number of carbonyl (C=O) groups excluding carboxylic acids is 1. The van der Waals surface area contributed by atoms with Gasteiger partial charge in [-0.15, -0.1) is 0 Å². The van der Waals surface area contributed by atoms with E-state index in [0.717, 1.165) is 0 Å². The first-order valence-corrected chi connectivity index (χ1v) is 6.53. The molecule has 6 heteroatoms. The molecular weight excluding hydrogens is 299 g/mol. The summed E-state index contributed by atoms with van der Waals surface area (Å²) in [5.74, 6) is 0.252. The highest BCUT2D eigenvalue weighted by atomic mass is 35.5. The largest absolute Gasteiger partial charge is 0.484 e. The molecular formula is C14H12Cl2N2O2. The van der Waals surface area contributed by atoms with Crippen LogP contribution >= 0.6 is 23.2 Å². The van der Waals surface area contributed by atoms with Gasteiger partial charge in [0.15, 0.2) is 6.61 Å². The standard InChI is InChI=1S/C14H12Cl2N2O2/c15-9-1-4-11(5-2-9)20-8-14(19)18-13-6-3-10(16)7-12(13)17/h1-7H,8,17H2,(H,18,19). The number of hydrogen-bond donors (Lipinski definition) is 2. The Morgan fingerprint density at radius 3 is 2.40 bits per heavy atom. The fourth-order valence-electron chi connectivity index (χ4n) is 1.51. The molecule has 0 aliphatic carbocycles. The zero-order chi connectivity index (χ0) is 14.5. The summed E-state index contributed by atoms with van der Waals surface area (Å²) in [6, 6.07) is 11.6. The van der Waals surface area contributed by atoms with Crippen LogP contribution in [-0.4, -0.2) is 12.5 Å². The average Bonchev–Trinajstić information content (AvgIpc) is 2.41. The van der Waals surface area contributed by atoms with Crippen LogP contribution in [0.15, 0.2) is 42.5 Å². The molecule has 3 N–H and O–H groups in total. The minimum absolute atomic E-state index is 0.121. The van der Waals surface area contributed by atoms with E-state index in [2.05, 4.69) is 5.32 Å². The zero-order valence-corrected chi connectivity index (χ0v) is 11.9. The number of carbonyl (C=O) groups is 1. The summed E-state index contributed by atoms with van der Waals surface area (Å²) in [7, 11) is 0. The monoisotopic (exact) mass is 310 g/mol. The first kappa shape index (κ1) is 14.5. The number of rotatable bonds is 4. The quantitative estimate of drug-likeness (QED) is 0.848. The lowest BCUT2D eigenvalue weighted by Crippen LogP contribution is -2.20. The Bertz CT molecular complexity index is 615. The fraction of sp³-hybridized carbons (Fsp3) is 0.0714. The normalized spacial score (nSPS) is 10.1. The summed E-state index contributed by atoms with van der Waals surface area (Å²) >= 11 is 11.5. The number of hydrogen-bond acceptors (Lipinski definition) is 3. The molecule has 20 heavy (non-hydrogen) atoms. The third-order valence-electron chi connectivity index (χ3n) is 2.47. The lowest BCUT2D eigenvalue weighted by Gasteiger charge is -2.09. The Balaban J connectivity index is 1.90. The van der Waals surface area contributed by atoms with Gasteiger partial charge in [0.05, 0.1) is 11.4 Å². The third-order valence-corrected chi connectivity index (χ3v) is 2.96. The Kier molecular flexibility index (Phi) is 4.71. The zero-order valence-electron chi connectivity index (χ0n) is 10.4. The lowest BCUT2D eigenvalue weighted by molar-refractivity contribution is -0.118. The van der Waals surface area contributed by atoms with Crippen molar-refractivity contribution in [3.63, 3.8) is 0 Å². The minimum Gasteiger partial charge on any atom is -0.484 e. The summed E-state index contributed by atoms with van der Waals surface area (Å²) < 4.78 is 5.32. The molecule has 0 heterocycles. The highest BCUT2D eigenvalue weighted by Gasteiger charge is 2.06. The third kappa shape index (κ3) is 4.05. The topological polar surface area (TPSA) is 64.3 Å². The predicted molar refractivity (Wildman–Crippen MR) is 81.4 cm³/mol. The molecule has 2 aromatic carbocycles. The van der Waals surface area contributed by atoms with Crippen molar-refractivity contribution in [2.45, 2.75) is 0 Å². The molecule has 0 atom stereocenters. The molecule has 0 bridgehead atoms. The van der Waals surface area contributed by atoms with Crippen molar-refractivity contribution in [3.8, 4) is 5.75 Å². The van der Waals surface area contributed by atoms with E-state index < -0.39 is 0 Å². The minimum atomic E-state index is -0.311. The molecule has 104 valence electrons. The highest BCUT2D eigenvalue weighted by molar-refractivity contribution is 6.31. The van der Waals surface area contributed by atoms with Gasteiger partial charge in [0.1, 0.15) is 5.75 Å². The maximum Gasteiger partial charge on any atom is 0.262 e. The van der Waals surface area contributed by atoms with Gasteiger partial charge in [-0.05, 0) is 42.5 Å². The first-order chi connectivity index (χ1) is 9.54. The molecule has 0 unspecified atom stereocenters. The van der Waals surface area contributed by atoms with Crippen LogP contribution in [0.25, 0.3) is 0 Å². The van der Waals surface area contributed by atoms with Gasteiger partial charge in [-0.25, -0.2) is 0 Å². The second-order valence-electron chi connectivity index (χ2n) is 4.02. The lowest BCUT2D eigenvalue weighted by atomic mass is 10.2. The summed E-state index contributed by atoms with van der Waals surface area (Å²) in [5, 5.41) is 3.76. The van der Waals surface area contributed by atoms with E-state index >= 15 is 0 Å². The maximum atomic E-state index is 11.7. The predicted octanol–water partition coefficient (Wildman–Crippen LogP) is 3.59. The molecule has 0 saturated carbocycles. The van der Waals surface area contributed by atoms with Gasteiger partial charge in [-0.3, -0.25) is 4.79 Å². The number of ether oxygens (including phenoxy) is 1. The molecule has 0 aliphatic heterocycles. The summed E-state index contributed by atoms with van der Waals surface area (Å²) in [6.07, 6.45) is 0. The van der Waals surface area contributed by atoms with E-state index in [1.807, 2.05) is 0 Å². The number of nitrogen functional groups attached to an aromatic ring is 1. The van der Waals surface area contributed by atoms with Crippen molar-refractivity contribution in [1.82, 2.24) is 0 Å². The van der Waals surface area contributed by atoms with E-state index in [9.17, 15) is 4.79 Å². The molecule has 0 aromatic heterocycles. The molecule has 0 radical (unpaired) electrons. The van der Waals surface area contributed by atoms with Gasteiger partial charge in [-0.2, -0.15) is 0 Å². The van der Waals surface area contributed by atoms with Gasteiger partial charge in [0.25, 0.3) is 5.91 Å². The summed E-state index contributed by atoms with van der Waals surface area (Å²) in [6.45, 7) is -0.121. The van der Waals surface area contributed by atoms with Crippen LogP contribution in [0.4, 0.5) is 11.4 Å². The molecule has 0 fully saturated rings. The fourth-order valence-corrected chi connectivity index (χ4v) is 1.82. The van der Waals surface area contributed by atoms with Crippen LogP contribution in [0.5, 0.6) is 5.75 Å². The maximum absolute atomic E-state index is 11.7. The van der Waals surface area contributed by atoms with Gasteiger partial charge < -0.3 is 15.8 Å². The highest BCUT2D eigenvalue weighted by Crippen LogP contribution is 2.22. The Morgan fingerprint density at radius 1 is 1.10 bits per heavy atom. The van der Waals surface area contributed by atoms with Gasteiger partial charge in [0, 0.05) is 10.0 Å². The average molecular weight is 311 g/mol. The van der Waals surface area contributed by atoms with Crippen molar-refractivity contribution < 1.29 is 9.53 Å². The Labute approximate surface area is 126 Å². The van der Waals surface area contributed by atoms with E-state index in [1.165, 1.54) is 0 Å². The second kappa shape index (κ2) is 6.50. The van der Waals surface area contributed by atoms with Crippen molar-refractivity contribution in [3.05, 3.63) is 52.5 Å². The van der Waals surface area contributed by atoms with Crippen LogP contribution in [0, 0.1) is 0 Å². The van der Waals surface area contributed by atoms with Crippen molar-refractivity contribution in [2.75, 3.05) is 17.7 Å². The molecule has 0 spiro atoms. The Morgan fingerprint density at radius 2 is 1.75 bits per heavy atom. The van der Waals surface area contributed by atoms with E-state index in [-0.39, 0.29) is 12.5 Å². The van der Waals surface area contributed by atoms with Crippen LogP contribution in [-0.2, 0) is 4.79 Å². The SMILES string of the molecule is Nc1cc(Cl)ccc1NC(=O)COc1ccc(Cl)cc1. The molecule has 2 aromatic rings. The van der Waals surface area contributed by atoms with Crippen LogP contribution in [0.1, 0.15) is 0 Å². The molecule has 2 rings (SSSR count). The van der Waals surface area contributed by atoms with Crippen LogP contribution in [0.2, 0.25) is 10.0 Å². The van der Waals surface area contributed by atoms with Gasteiger partial charge >= 0.3 is 0 Å². The van der Waals surface area contributed by atoms with E-state index in [1.54, 1.807) is 42.5 Å². The number of nitrogens with one attached hydrogen (secondary N) is 1. The van der Waals surface area contributed by atoms with Gasteiger partial charge in [0.2, 0.25) is 0 Å². The first-order valence-electron chi connectivity index (χ1n) is 5.78. The molecule has 1 amide bonds. The Hall–Kier alpha value is -1.91. The molecule has 4 nitrogen and oxygen atoms in total. The van der Waals surface area contributed by atoms with Gasteiger partial charge in [-0.1, -0.05) is 23.2 Å². The molecule has 0 aliphatic rings. The van der Waals surface area contributed by atoms with Crippen molar-refractivity contribution in [2.24, 2.45) is 0 Å². The van der Waals surface area contributed by atoms with Crippen molar-refractivity contribution >= 4 is 40.5 Å². The van der Waals surface area contributed by atoms with Crippen LogP contribution in [0.3, 0.4) is 0 Å². The van der Waals surface area contributed by atoms with Crippen molar-refractivity contribution in [1.29, 1.82) is 0 Å². The summed E-state index contributed by atoms with van der Waals surface area (Å²) in [5.41, 5.74) is 6.64. The number of nitrogens with two attached hydrogens (primary N) is 1. The number of anilines is 2. The number of halogens is 2. The number of amides is 1. The molecule has 0 saturated heterocycles. The second-order valence-corrected chi connectivity index (χ2v) is 4.90.